The number of hydrogen-bond acceptors (Lipinski definition) is 4. The van der Waals surface area contributed by atoms with Crippen molar-refractivity contribution in [2.75, 3.05) is 51.8 Å². The molecule has 0 radical (unpaired) electrons. The first-order valence-corrected chi connectivity index (χ1v) is 8.93. The highest BCUT2D eigenvalue weighted by molar-refractivity contribution is 5.77. The standard InChI is InChI=1S/C19H29N3O2/c1-21(17-6-4-3-5-7-17)12-16-13-22-9-8-15(16)10-18(22)11-20-19(23)14-24-2/h3-7,15-16,18H,8-14H2,1-2H3,(H,20,23)/t15-,16+,18+/m0/s1. The van der Waals surface area contributed by atoms with Crippen LogP contribution in [0.25, 0.3) is 0 Å². The molecule has 0 spiro atoms. The van der Waals surface area contributed by atoms with Crippen LogP contribution in [0.2, 0.25) is 0 Å². The zero-order valence-corrected chi connectivity index (χ0v) is 14.8. The van der Waals surface area contributed by atoms with Gasteiger partial charge < -0.3 is 15.0 Å². The number of piperidine rings is 3. The van der Waals surface area contributed by atoms with Crippen LogP contribution in [0.5, 0.6) is 0 Å². The predicted octanol–water partition coefficient (Wildman–Crippen LogP) is 1.60. The summed E-state index contributed by atoms with van der Waals surface area (Å²) in [6.45, 7) is 4.32. The molecule has 5 nitrogen and oxygen atoms in total. The molecule has 2 bridgehead atoms. The minimum absolute atomic E-state index is 0.0134. The Balaban J connectivity index is 1.51. The van der Waals surface area contributed by atoms with E-state index in [0.717, 1.165) is 31.5 Å². The average molecular weight is 331 g/mol. The minimum atomic E-state index is -0.0134. The molecule has 3 saturated heterocycles. The van der Waals surface area contributed by atoms with Gasteiger partial charge in [-0.25, -0.2) is 0 Å². The summed E-state index contributed by atoms with van der Waals surface area (Å²) in [7, 11) is 3.74. The maximum absolute atomic E-state index is 11.6. The molecule has 3 fully saturated rings. The second-order valence-electron chi connectivity index (χ2n) is 7.15. The molecule has 4 atom stereocenters. The van der Waals surface area contributed by atoms with Crippen molar-refractivity contribution in [1.82, 2.24) is 10.2 Å². The number of nitrogens with one attached hydrogen (secondary N) is 1. The molecule has 0 aliphatic carbocycles. The van der Waals surface area contributed by atoms with Crippen molar-refractivity contribution in [2.24, 2.45) is 11.8 Å². The van der Waals surface area contributed by atoms with Crippen LogP contribution in [0.1, 0.15) is 12.8 Å². The molecule has 1 amide bonds. The molecule has 3 heterocycles. The van der Waals surface area contributed by atoms with Gasteiger partial charge in [-0.3, -0.25) is 9.69 Å². The van der Waals surface area contributed by atoms with Crippen LogP contribution in [0.3, 0.4) is 0 Å². The first-order valence-electron chi connectivity index (χ1n) is 8.93. The molecule has 3 aliphatic heterocycles. The third-order valence-corrected chi connectivity index (χ3v) is 5.53. The maximum Gasteiger partial charge on any atom is 0.246 e. The van der Waals surface area contributed by atoms with Crippen LogP contribution in [0.4, 0.5) is 5.69 Å². The van der Waals surface area contributed by atoms with Gasteiger partial charge >= 0.3 is 0 Å². The first-order chi connectivity index (χ1) is 11.7. The Morgan fingerprint density at radius 3 is 2.83 bits per heavy atom. The Kier molecular flexibility index (Phi) is 5.74. The van der Waals surface area contributed by atoms with Gasteiger partial charge in [-0.15, -0.1) is 0 Å². The number of anilines is 1. The number of benzene rings is 1. The van der Waals surface area contributed by atoms with E-state index in [-0.39, 0.29) is 12.5 Å². The predicted molar refractivity (Wildman–Crippen MR) is 96.2 cm³/mol. The van der Waals surface area contributed by atoms with Crippen LogP contribution >= 0.6 is 0 Å². The smallest absolute Gasteiger partial charge is 0.246 e. The number of methoxy groups -OCH3 is 1. The van der Waals surface area contributed by atoms with Gasteiger partial charge in [0.2, 0.25) is 5.91 Å². The molecule has 1 unspecified atom stereocenters. The van der Waals surface area contributed by atoms with E-state index < -0.39 is 0 Å². The lowest BCUT2D eigenvalue weighted by molar-refractivity contribution is -0.125. The van der Waals surface area contributed by atoms with E-state index in [9.17, 15) is 4.79 Å². The van der Waals surface area contributed by atoms with Gasteiger partial charge in [0, 0.05) is 45.5 Å². The van der Waals surface area contributed by atoms with Gasteiger partial charge in [-0.2, -0.15) is 0 Å². The molecule has 1 aromatic rings. The van der Waals surface area contributed by atoms with Gasteiger partial charge in [0.15, 0.2) is 0 Å². The largest absolute Gasteiger partial charge is 0.375 e. The molecule has 24 heavy (non-hydrogen) atoms. The van der Waals surface area contributed by atoms with Crippen LogP contribution in [0, 0.1) is 11.8 Å². The van der Waals surface area contributed by atoms with E-state index in [4.69, 9.17) is 4.74 Å². The molecule has 0 saturated carbocycles. The zero-order chi connectivity index (χ0) is 16.9. The lowest BCUT2D eigenvalue weighted by Gasteiger charge is -2.50. The second-order valence-corrected chi connectivity index (χ2v) is 7.15. The van der Waals surface area contributed by atoms with Gasteiger partial charge in [-0.1, -0.05) is 18.2 Å². The zero-order valence-electron chi connectivity index (χ0n) is 14.8. The highest BCUT2D eigenvalue weighted by Gasteiger charge is 2.40. The van der Waals surface area contributed by atoms with Gasteiger partial charge in [0.25, 0.3) is 0 Å². The van der Waals surface area contributed by atoms with Crippen molar-refractivity contribution < 1.29 is 9.53 Å². The summed E-state index contributed by atoms with van der Waals surface area (Å²) < 4.78 is 4.88. The fourth-order valence-electron chi connectivity index (χ4n) is 4.22. The molecular weight excluding hydrogens is 302 g/mol. The summed E-state index contributed by atoms with van der Waals surface area (Å²) in [6.07, 6.45) is 2.48. The molecule has 1 aromatic carbocycles. The van der Waals surface area contributed by atoms with Crippen molar-refractivity contribution in [1.29, 1.82) is 0 Å². The van der Waals surface area contributed by atoms with E-state index in [0.29, 0.717) is 6.04 Å². The van der Waals surface area contributed by atoms with Gasteiger partial charge in [0.05, 0.1) is 0 Å². The maximum atomic E-state index is 11.6. The number of carbonyl (C=O) groups excluding carboxylic acids is 1. The number of para-hydroxylation sites is 1. The fraction of sp³-hybridized carbons (Fsp3) is 0.632. The first kappa shape index (κ1) is 17.2. The highest BCUT2D eigenvalue weighted by atomic mass is 16.5. The van der Waals surface area contributed by atoms with Crippen molar-refractivity contribution in [3.05, 3.63) is 30.3 Å². The fourth-order valence-corrected chi connectivity index (χ4v) is 4.22. The summed E-state index contributed by atoms with van der Waals surface area (Å²) >= 11 is 0. The number of hydrogen-bond donors (Lipinski definition) is 1. The van der Waals surface area contributed by atoms with Crippen molar-refractivity contribution in [3.63, 3.8) is 0 Å². The van der Waals surface area contributed by atoms with Crippen molar-refractivity contribution in [3.8, 4) is 0 Å². The topological polar surface area (TPSA) is 44.8 Å². The molecule has 1 N–H and O–H groups in total. The summed E-state index contributed by atoms with van der Waals surface area (Å²) in [5.41, 5.74) is 1.29. The lowest BCUT2D eigenvalue weighted by atomic mass is 9.75. The summed E-state index contributed by atoms with van der Waals surface area (Å²) in [5.74, 6) is 1.47. The number of amides is 1. The summed E-state index contributed by atoms with van der Waals surface area (Å²) in [4.78, 5) is 16.5. The Morgan fingerprint density at radius 2 is 2.17 bits per heavy atom. The normalized spacial score (nSPS) is 28.6. The Bertz CT molecular complexity index is 537. The van der Waals surface area contributed by atoms with Crippen LogP contribution in [-0.4, -0.2) is 63.8 Å². The number of nitrogens with zero attached hydrogens (tertiary/aromatic N) is 2. The Hall–Kier alpha value is -1.59. The minimum Gasteiger partial charge on any atom is -0.375 e. The van der Waals surface area contributed by atoms with E-state index in [1.165, 1.54) is 25.1 Å². The average Bonchev–Trinajstić information content (AvgIpc) is 2.62. The van der Waals surface area contributed by atoms with E-state index in [1.807, 2.05) is 0 Å². The highest BCUT2D eigenvalue weighted by Crippen LogP contribution is 2.36. The number of fused-ring (bicyclic) bond motifs is 3. The summed E-state index contributed by atoms with van der Waals surface area (Å²) in [6, 6.07) is 11.1. The van der Waals surface area contributed by atoms with Crippen molar-refractivity contribution in [2.45, 2.75) is 18.9 Å². The third-order valence-electron chi connectivity index (χ3n) is 5.53. The van der Waals surface area contributed by atoms with E-state index >= 15 is 0 Å². The number of rotatable bonds is 7. The van der Waals surface area contributed by atoms with Gasteiger partial charge in [-0.05, 0) is 43.4 Å². The Labute approximate surface area is 145 Å². The Morgan fingerprint density at radius 1 is 1.38 bits per heavy atom. The quantitative estimate of drug-likeness (QED) is 0.824. The number of ether oxygens (including phenoxy) is 1. The number of carbonyl (C=O) groups is 1. The van der Waals surface area contributed by atoms with Crippen LogP contribution in [0.15, 0.2) is 30.3 Å². The SMILES string of the molecule is COCC(=O)NC[C@H]1C[C@@H]2CCN1C[C@H]2CN(C)c1ccccc1. The monoisotopic (exact) mass is 331 g/mol. The molecule has 0 aromatic heterocycles. The second kappa shape index (κ2) is 7.99. The third kappa shape index (κ3) is 4.08. The van der Waals surface area contributed by atoms with Crippen molar-refractivity contribution >= 4 is 11.6 Å². The van der Waals surface area contributed by atoms with Gasteiger partial charge in [0.1, 0.15) is 6.61 Å². The molecule has 5 heteroatoms. The van der Waals surface area contributed by atoms with Crippen LogP contribution in [-0.2, 0) is 9.53 Å². The van der Waals surface area contributed by atoms with Crippen LogP contribution < -0.4 is 10.2 Å². The molecule has 4 rings (SSSR count). The van der Waals surface area contributed by atoms with E-state index in [1.54, 1.807) is 7.11 Å². The molecular formula is C19H29N3O2. The molecule has 132 valence electrons. The molecule has 3 aliphatic rings. The van der Waals surface area contributed by atoms with E-state index in [2.05, 4.69) is 52.5 Å². The summed E-state index contributed by atoms with van der Waals surface area (Å²) in [5, 5.41) is 3.00. The lowest BCUT2D eigenvalue weighted by Crippen LogP contribution is -2.58.